The predicted octanol–water partition coefficient (Wildman–Crippen LogP) is 6.64. The summed E-state index contributed by atoms with van der Waals surface area (Å²) in [4.78, 5) is 0.561. The minimum absolute atomic E-state index is 0.0842. The van der Waals surface area contributed by atoms with Crippen LogP contribution in [0.4, 0.5) is 17.6 Å². The molecule has 7 heteroatoms. The lowest BCUT2D eigenvalue weighted by atomic mass is 10.0. The number of halogens is 5. The molecule has 0 spiro atoms. The molecule has 0 aliphatic rings. The Labute approximate surface area is 159 Å². The van der Waals surface area contributed by atoms with Gasteiger partial charge in [-0.05, 0) is 59.8 Å². The van der Waals surface area contributed by atoms with Gasteiger partial charge in [-0.15, -0.1) is 11.3 Å². The first-order chi connectivity index (χ1) is 11.9. The van der Waals surface area contributed by atoms with Crippen LogP contribution >= 0.6 is 33.9 Å². The van der Waals surface area contributed by atoms with Crippen LogP contribution in [0, 0.1) is 26.2 Å². The minimum atomic E-state index is -1.28. The lowest BCUT2D eigenvalue weighted by molar-refractivity contribution is 0.314. The van der Waals surface area contributed by atoms with Crippen molar-refractivity contribution in [1.82, 2.24) is 0 Å². The van der Waals surface area contributed by atoms with Crippen molar-refractivity contribution in [2.75, 3.05) is 6.61 Å². The zero-order valence-electron chi connectivity index (χ0n) is 12.9. The van der Waals surface area contributed by atoms with Crippen LogP contribution in [0.15, 0.2) is 36.4 Å². The van der Waals surface area contributed by atoms with Crippen LogP contribution in [0.5, 0.6) is 5.75 Å². The van der Waals surface area contributed by atoms with E-state index in [4.69, 9.17) is 4.74 Å². The lowest BCUT2D eigenvalue weighted by Gasteiger charge is -2.11. The Kier molecular flexibility index (Phi) is 5.33. The topological polar surface area (TPSA) is 9.23 Å². The zero-order valence-corrected chi connectivity index (χ0v) is 15.9. The highest BCUT2D eigenvalue weighted by atomic mass is 127. The van der Waals surface area contributed by atoms with Crippen LogP contribution in [0.25, 0.3) is 21.6 Å². The van der Waals surface area contributed by atoms with Gasteiger partial charge in [0.25, 0.3) is 0 Å². The molecular formula is C18H11F4IOS. The third kappa shape index (κ3) is 3.39. The van der Waals surface area contributed by atoms with Crippen molar-refractivity contribution in [2.24, 2.45) is 0 Å². The molecule has 0 radical (unpaired) electrons. The van der Waals surface area contributed by atoms with Crippen molar-refractivity contribution in [1.29, 1.82) is 0 Å². The molecular weight excluding hydrogens is 467 g/mol. The third-order valence-corrected chi connectivity index (χ3v) is 5.49. The fourth-order valence-corrected chi connectivity index (χ4v) is 4.05. The molecule has 0 N–H and O–H groups in total. The SMILES string of the molecule is CCOc1ccc(-c2ccc(-c3ccc(I)s3)c(F)c2F)c(F)c1F. The second-order valence-electron chi connectivity index (χ2n) is 5.06. The molecule has 0 fully saturated rings. The van der Waals surface area contributed by atoms with Crippen molar-refractivity contribution in [3.63, 3.8) is 0 Å². The van der Waals surface area contributed by atoms with Crippen LogP contribution in [0.1, 0.15) is 6.92 Å². The highest BCUT2D eigenvalue weighted by molar-refractivity contribution is 14.1. The molecule has 25 heavy (non-hydrogen) atoms. The summed E-state index contributed by atoms with van der Waals surface area (Å²) in [6, 6.07) is 8.45. The Bertz CT molecular complexity index is 939. The summed E-state index contributed by atoms with van der Waals surface area (Å²) in [6.07, 6.45) is 0. The van der Waals surface area contributed by atoms with E-state index in [-0.39, 0.29) is 29.0 Å². The van der Waals surface area contributed by atoms with E-state index in [0.717, 1.165) is 2.88 Å². The van der Waals surface area contributed by atoms with Gasteiger partial charge in [0.05, 0.1) is 9.49 Å². The molecule has 0 aliphatic heterocycles. The van der Waals surface area contributed by atoms with Crippen LogP contribution in [-0.4, -0.2) is 6.61 Å². The maximum atomic E-state index is 14.5. The summed E-state index contributed by atoms with van der Waals surface area (Å²) in [5.74, 6) is -5.08. The molecule has 3 aromatic rings. The largest absolute Gasteiger partial charge is 0.491 e. The number of ether oxygens (including phenoxy) is 1. The van der Waals surface area contributed by atoms with Crippen molar-refractivity contribution in [3.8, 4) is 27.3 Å². The molecule has 0 aliphatic carbocycles. The number of thiophene rings is 1. The molecule has 0 unspecified atom stereocenters. The quantitative estimate of drug-likeness (QED) is 0.302. The van der Waals surface area contributed by atoms with Crippen molar-refractivity contribution < 1.29 is 22.3 Å². The van der Waals surface area contributed by atoms with E-state index in [0.29, 0.717) is 4.88 Å². The average molecular weight is 478 g/mol. The van der Waals surface area contributed by atoms with Gasteiger partial charge in [0.2, 0.25) is 5.82 Å². The second-order valence-corrected chi connectivity index (χ2v) is 8.04. The lowest BCUT2D eigenvalue weighted by Crippen LogP contribution is -2.00. The number of rotatable bonds is 4. The predicted molar refractivity (Wildman–Crippen MR) is 98.9 cm³/mol. The summed E-state index contributed by atoms with van der Waals surface area (Å²) in [6.45, 7) is 1.79. The standard InChI is InChI=1S/C18H11F4IOS/c1-2-24-12-6-5-10(16(20)18(12)22)9-3-4-11(17(21)15(9)19)13-7-8-14(23)25-13/h3-8H,2H2,1H3. The molecule has 2 aromatic carbocycles. The normalized spacial score (nSPS) is 11.0. The molecule has 0 saturated carbocycles. The monoisotopic (exact) mass is 478 g/mol. The van der Waals surface area contributed by atoms with Gasteiger partial charge in [-0.3, -0.25) is 0 Å². The van der Waals surface area contributed by atoms with E-state index in [1.54, 1.807) is 19.1 Å². The fourth-order valence-electron chi connectivity index (χ4n) is 2.41. The first-order valence-electron chi connectivity index (χ1n) is 7.29. The van der Waals surface area contributed by atoms with Gasteiger partial charge in [0.1, 0.15) is 0 Å². The van der Waals surface area contributed by atoms with Crippen LogP contribution in [0.3, 0.4) is 0 Å². The molecule has 3 rings (SSSR count). The van der Waals surface area contributed by atoms with E-state index in [2.05, 4.69) is 22.6 Å². The molecule has 0 bridgehead atoms. The van der Waals surface area contributed by atoms with Crippen LogP contribution < -0.4 is 4.74 Å². The maximum absolute atomic E-state index is 14.5. The summed E-state index contributed by atoms with van der Waals surface area (Å²) in [5, 5.41) is 0. The van der Waals surface area contributed by atoms with E-state index in [1.807, 2.05) is 0 Å². The van der Waals surface area contributed by atoms with E-state index in [9.17, 15) is 17.6 Å². The summed E-state index contributed by atoms with van der Waals surface area (Å²) < 4.78 is 63.1. The minimum Gasteiger partial charge on any atom is -0.491 e. The van der Waals surface area contributed by atoms with Gasteiger partial charge in [0, 0.05) is 21.6 Å². The van der Waals surface area contributed by atoms with Crippen molar-refractivity contribution in [3.05, 3.63) is 62.6 Å². The van der Waals surface area contributed by atoms with Gasteiger partial charge < -0.3 is 4.74 Å². The first kappa shape index (κ1) is 18.2. The summed E-state index contributed by atoms with van der Waals surface area (Å²) in [5.41, 5.74) is -0.613. The van der Waals surface area contributed by atoms with Gasteiger partial charge in [-0.2, -0.15) is 4.39 Å². The Morgan fingerprint density at radius 3 is 1.96 bits per heavy atom. The summed E-state index contributed by atoms with van der Waals surface area (Å²) >= 11 is 3.39. The second kappa shape index (κ2) is 7.33. The molecule has 130 valence electrons. The first-order valence-corrected chi connectivity index (χ1v) is 9.18. The van der Waals surface area contributed by atoms with E-state index in [1.165, 1.54) is 35.6 Å². The fraction of sp³-hybridized carbons (Fsp3) is 0.111. The molecule has 0 saturated heterocycles. The number of hydrogen-bond donors (Lipinski definition) is 0. The van der Waals surface area contributed by atoms with Gasteiger partial charge in [-0.1, -0.05) is 6.07 Å². The van der Waals surface area contributed by atoms with Gasteiger partial charge in [-0.25, -0.2) is 13.2 Å². The van der Waals surface area contributed by atoms with Crippen LogP contribution in [0.2, 0.25) is 0 Å². The van der Waals surface area contributed by atoms with Crippen molar-refractivity contribution >= 4 is 33.9 Å². The van der Waals surface area contributed by atoms with Gasteiger partial charge in [0.15, 0.2) is 23.2 Å². The highest BCUT2D eigenvalue weighted by Gasteiger charge is 2.22. The molecule has 0 amide bonds. The average Bonchev–Trinajstić information content (AvgIpc) is 3.01. The van der Waals surface area contributed by atoms with Gasteiger partial charge >= 0.3 is 0 Å². The molecule has 1 heterocycles. The Hall–Kier alpha value is -1.61. The molecule has 0 atom stereocenters. The number of benzene rings is 2. The van der Waals surface area contributed by atoms with Crippen LogP contribution in [-0.2, 0) is 0 Å². The summed E-state index contributed by atoms with van der Waals surface area (Å²) in [7, 11) is 0. The Morgan fingerprint density at radius 1 is 0.800 bits per heavy atom. The molecule has 1 aromatic heterocycles. The zero-order chi connectivity index (χ0) is 18.1. The third-order valence-electron chi connectivity index (χ3n) is 3.56. The Morgan fingerprint density at radius 2 is 1.36 bits per heavy atom. The Balaban J connectivity index is 2.10. The number of hydrogen-bond acceptors (Lipinski definition) is 2. The van der Waals surface area contributed by atoms with E-state index < -0.39 is 23.3 Å². The highest BCUT2D eigenvalue weighted by Crippen LogP contribution is 2.37. The van der Waals surface area contributed by atoms with Crippen molar-refractivity contribution in [2.45, 2.75) is 6.92 Å². The maximum Gasteiger partial charge on any atom is 0.201 e. The van der Waals surface area contributed by atoms with E-state index >= 15 is 0 Å². The smallest absolute Gasteiger partial charge is 0.201 e. The molecule has 1 nitrogen and oxygen atoms in total.